The molecule has 0 radical (unpaired) electrons. The van der Waals surface area contributed by atoms with Gasteiger partial charge in [0, 0.05) is 38.9 Å². The minimum atomic E-state index is -1.22. The molecule has 0 bridgehead atoms. The van der Waals surface area contributed by atoms with Gasteiger partial charge in [-0.25, -0.2) is 9.97 Å². The maximum Gasteiger partial charge on any atom is 2.00 e. The number of aliphatic carboxylic acids is 2. The molecule has 14 nitrogen and oxygen atoms in total. The zero-order valence-electron chi connectivity index (χ0n) is 35.0. The van der Waals surface area contributed by atoms with E-state index in [1.807, 2.05) is 50.2 Å². The number of aryl methyl sites for hydroxylation is 2. The van der Waals surface area contributed by atoms with Gasteiger partial charge in [0.1, 0.15) is 48.6 Å². The van der Waals surface area contributed by atoms with E-state index < -0.39 is 24.1 Å². The predicted molar refractivity (Wildman–Crippen MR) is 229 cm³/mol. The summed E-state index contributed by atoms with van der Waals surface area (Å²) in [5, 5.41) is 23.4. The van der Waals surface area contributed by atoms with Gasteiger partial charge in [0.05, 0.1) is 46.8 Å². The molecule has 0 aliphatic heterocycles. The van der Waals surface area contributed by atoms with Gasteiger partial charge in [0.15, 0.2) is 0 Å². The van der Waals surface area contributed by atoms with Crippen LogP contribution < -0.4 is 30.8 Å². The van der Waals surface area contributed by atoms with E-state index in [4.69, 9.17) is 18.9 Å². The third-order valence-electron chi connectivity index (χ3n) is 9.63. The summed E-state index contributed by atoms with van der Waals surface area (Å²) in [6.07, 6.45) is -0.186. The van der Waals surface area contributed by atoms with Crippen LogP contribution in [0.15, 0.2) is 107 Å². The quantitative estimate of drug-likeness (QED) is 0.102. The molecular weight excluding hydrogens is 793 g/mol. The van der Waals surface area contributed by atoms with Gasteiger partial charge in [-0.15, -0.1) is 0 Å². The van der Waals surface area contributed by atoms with Gasteiger partial charge < -0.3 is 38.7 Å². The van der Waals surface area contributed by atoms with Crippen LogP contribution in [0.1, 0.15) is 50.5 Å². The molecule has 0 N–H and O–H groups in total. The van der Waals surface area contributed by atoms with Gasteiger partial charge in [-0.2, -0.15) is 0 Å². The number of aromatic nitrogens is 4. The summed E-state index contributed by atoms with van der Waals surface area (Å²) >= 11 is 0. The van der Waals surface area contributed by atoms with Crippen molar-refractivity contribution in [2.24, 2.45) is 0 Å². The van der Waals surface area contributed by atoms with Crippen molar-refractivity contribution in [2.45, 2.75) is 78.7 Å². The van der Waals surface area contributed by atoms with Crippen molar-refractivity contribution in [2.75, 3.05) is 26.4 Å². The average molecular weight is 843 g/mol. The maximum absolute atomic E-state index is 12.8. The van der Waals surface area contributed by atoms with E-state index in [2.05, 4.69) is 9.97 Å². The van der Waals surface area contributed by atoms with Gasteiger partial charge >= 0.3 is 23.1 Å². The van der Waals surface area contributed by atoms with Crippen molar-refractivity contribution < 1.29 is 38.7 Å². The van der Waals surface area contributed by atoms with Crippen LogP contribution in [0.3, 0.4) is 0 Å². The van der Waals surface area contributed by atoms with Crippen molar-refractivity contribution in [3.8, 4) is 11.5 Å². The number of fused-ring (bicyclic) bond motifs is 2. The van der Waals surface area contributed by atoms with E-state index >= 15 is 0 Å². The van der Waals surface area contributed by atoms with Crippen LogP contribution in [0.25, 0.3) is 21.8 Å². The molecular formula is C46H50MgN4O10. The fraction of sp³-hybridized carbons (Fsp3) is 0.348. The van der Waals surface area contributed by atoms with E-state index in [1.54, 1.807) is 83.6 Å². The summed E-state index contributed by atoms with van der Waals surface area (Å²) in [6, 6.07) is 28.9. The summed E-state index contributed by atoms with van der Waals surface area (Å²) in [5.74, 6) is 0.278. The fourth-order valence-corrected chi connectivity index (χ4v) is 6.63. The number of nitrogens with zero attached hydrogens (tertiary/aromatic N) is 4. The minimum Gasteiger partial charge on any atom is -0.547 e. The molecule has 4 aromatic carbocycles. The second-order valence-electron chi connectivity index (χ2n) is 13.6. The largest absolute Gasteiger partial charge is 2.00 e. The SMILES string of the molecule is CCO[C@H](Cc1ccc(OCCn2c(CC)nc3ccccc3c2=O)cc1)C(=O)[O-].CCO[C@H](Cc1ccc(OCCn2c(CC)nc3ccccc3c2=O)cc1)C(=O)[O-].[Mg+2]. The molecule has 2 atom stereocenters. The van der Waals surface area contributed by atoms with Crippen LogP contribution in [0, 0.1) is 0 Å². The van der Waals surface area contributed by atoms with Gasteiger partial charge in [-0.05, 0) is 73.5 Å². The van der Waals surface area contributed by atoms with E-state index in [0.29, 0.717) is 85.7 Å². The van der Waals surface area contributed by atoms with Gasteiger partial charge in [0.25, 0.3) is 11.1 Å². The molecule has 2 heterocycles. The topological polar surface area (TPSA) is 187 Å². The summed E-state index contributed by atoms with van der Waals surface area (Å²) in [5.41, 5.74) is 2.89. The fourth-order valence-electron chi connectivity index (χ4n) is 6.63. The van der Waals surface area contributed by atoms with Gasteiger partial charge in [-0.3, -0.25) is 18.7 Å². The number of hydrogen-bond acceptors (Lipinski definition) is 12. The number of para-hydroxylation sites is 2. The zero-order valence-corrected chi connectivity index (χ0v) is 36.5. The molecule has 0 aliphatic carbocycles. The molecule has 15 heteroatoms. The number of benzene rings is 4. The molecule has 0 spiro atoms. The van der Waals surface area contributed by atoms with Gasteiger partial charge in [0.2, 0.25) is 0 Å². The number of carbonyl (C=O) groups excluding carboxylic acids is 2. The third-order valence-corrected chi connectivity index (χ3v) is 9.63. The summed E-state index contributed by atoms with van der Waals surface area (Å²) in [4.78, 5) is 57.0. The van der Waals surface area contributed by atoms with Gasteiger partial charge in [-0.1, -0.05) is 62.4 Å². The number of hydrogen-bond donors (Lipinski definition) is 0. The van der Waals surface area contributed by atoms with Crippen LogP contribution in [0.5, 0.6) is 11.5 Å². The van der Waals surface area contributed by atoms with Crippen molar-refractivity contribution in [1.82, 2.24) is 19.1 Å². The standard InChI is InChI=1S/2C23H26N2O5.Mg/c2*1-3-21-24-19-8-6-5-7-18(19)22(26)25(21)13-14-30-17-11-9-16(10-12-17)15-20(23(27)28)29-4-2;/h2*5-12,20H,3-4,13-15H2,1-2H3,(H,27,28);/q;;+2/p-2/t2*20-;/m11./s1. The first-order valence-corrected chi connectivity index (χ1v) is 20.1. The summed E-state index contributed by atoms with van der Waals surface area (Å²) in [6.45, 7) is 9.44. The molecule has 2 aromatic heterocycles. The third kappa shape index (κ3) is 13.2. The Balaban J connectivity index is 0.000000264. The number of carboxylic acids is 2. The number of ether oxygens (including phenoxy) is 4. The Bertz CT molecular complexity index is 2300. The molecule has 61 heavy (non-hydrogen) atoms. The Morgan fingerprint density at radius 2 is 0.934 bits per heavy atom. The predicted octanol–water partition coefficient (Wildman–Crippen LogP) is 3.09. The average Bonchev–Trinajstić information content (AvgIpc) is 3.26. The first-order valence-electron chi connectivity index (χ1n) is 20.1. The minimum absolute atomic E-state index is 0. The number of carboxylic acid groups (broad SMARTS) is 2. The molecule has 0 saturated heterocycles. The first-order chi connectivity index (χ1) is 29.1. The molecule has 6 rings (SSSR count). The van der Waals surface area contributed by atoms with Crippen molar-refractivity contribution >= 4 is 56.8 Å². The Labute approximate surface area is 370 Å². The van der Waals surface area contributed by atoms with E-state index in [-0.39, 0.29) is 47.0 Å². The summed E-state index contributed by atoms with van der Waals surface area (Å²) in [7, 11) is 0. The number of rotatable bonds is 20. The zero-order chi connectivity index (χ0) is 43.0. The first kappa shape index (κ1) is 48.1. The Morgan fingerprint density at radius 3 is 1.26 bits per heavy atom. The Kier molecular flexibility index (Phi) is 18.9. The molecule has 0 unspecified atom stereocenters. The Hall–Kier alpha value is -5.61. The molecule has 0 amide bonds. The number of carbonyl (C=O) groups is 2. The Morgan fingerprint density at radius 1 is 0.574 bits per heavy atom. The van der Waals surface area contributed by atoms with Crippen LogP contribution in [0.2, 0.25) is 0 Å². The van der Waals surface area contributed by atoms with Crippen LogP contribution >= 0.6 is 0 Å². The van der Waals surface area contributed by atoms with Crippen molar-refractivity contribution in [3.05, 3.63) is 141 Å². The maximum atomic E-state index is 12.8. The molecule has 0 aliphatic rings. The van der Waals surface area contributed by atoms with E-state index in [0.717, 1.165) is 22.8 Å². The normalized spacial score (nSPS) is 11.9. The van der Waals surface area contributed by atoms with E-state index in [9.17, 15) is 29.4 Å². The molecule has 6 aromatic rings. The second-order valence-corrected chi connectivity index (χ2v) is 13.6. The second kappa shape index (κ2) is 24.0. The smallest absolute Gasteiger partial charge is 0.547 e. The molecule has 316 valence electrons. The van der Waals surface area contributed by atoms with E-state index in [1.165, 1.54) is 0 Å². The van der Waals surface area contributed by atoms with Crippen LogP contribution in [-0.2, 0) is 57.8 Å². The van der Waals surface area contributed by atoms with Crippen molar-refractivity contribution in [3.63, 3.8) is 0 Å². The molecule has 0 saturated carbocycles. The monoisotopic (exact) mass is 842 g/mol. The van der Waals surface area contributed by atoms with Crippen molar-refractivity contribution in [1.29, 1.82) is 0 Å². The molecule has 0 fully saturated rings. The summed E-state index contributed by atoms with van der Waals surface area (Å²) < 4.78 is 25.2. The van der Waals surface area contributed by atoms with Crippen LogP contribution in [0.4, 0.5) is 0 Å². The van der Waals surface area contributed by atoms with Crippen LogP contribution in [-0.4, -0.2) is 92.7 Å².